The van der Waals surface area contributed by atoms with E-state index in [2.05, 4.69) is 37.6 Å². The molecular weight excluding hydrogens is 582 g/mol. The molecule has 0 aromatic carbocycles. The Balaban J connectivity index is 0.00000400. The zero-order valence-electron chi connectivity index (χ0n) is 19.6. The van der Waals surface area contributed by atoms with Crippen LogP contribution in [0.5, 0.6) is 0 Å². The lowest BCUT2D eigenvalue weighted by Gasteiger charge is -2.53. The van der Waals surface area contributed by atoms with Gasteiger partial charge in [-0.2, -0.15) is 0 Å². The molecule has 2 fully saturated rings. The fourth-order valence-electron chi connectivity index (χ4n) is 3.61. The minimum Gasteiger partial charge on any atom is -0.481 e. The van der Waals surface area contributed by atoms with Crippen molar-refractivity contribution in [3.63, 3.8) is 0 Å². The molecular formula is C19H24ClN9O6S3. The number of nitrogens with zero attached hydrogens (tertiary/aromatic N) is 7. The van der Waals surface area contributed by atoms with E-state index in [0.29, 0.717) is 11.7 Å². The van der Waals surface area contributed by atoms with Crippen LogP contribution in [-0.4, -0.2) is 106 Å². The van der Waals surface area contributed by atoms with Crippen LogP contribution in [0.2, 0.25) is 0 Å². The Morgan fingerprint density at radius 3 is 2.92 bits per heavy atom. The molecule has 15 nitrogen and oxygen atoms in total. The highest BCUT2D eigenvalue weighted by Gasteiger charge is 2.57. The standard InChI is InChI=1S/C19H23N9O6S3.ClH/c1-2-3-28-18(23-25-26-28)37-9-19(16(32)33)7-27-14(31)12(15(27)36-8-19)22-13(30)11(24-34-5-4-29)10-6-35-17(20)21-10;/h2,6,12,15,29H,1,3-5,7-9H2,(H2,20,21)(H,22,30)(H,32,33);1H/t12?,15-,19?;/m1./s1. The van der Waals surface area contributed by atoms with Gasteiger partial charge in [0, 0.05) is 23.4 Å². The topological polar surface area (TPSA) is 211 Å². The van der Waals surface area contributed by atoms with Crippen molar-refractivity contribution >= 4 is 75.9 Å². The van der Waals surface area contributed by atoms with E-state index in [1.807, 2.05) is 0 Å². The minimum absolute atomic E-state index is 0. The van der Waals surface area contributed by atoms with Crippen LogP contribution >= 0.6 is 47.3 Å². The summed E-state index contributed by atoms with van der Waals surface area (Å²) in [5.74, 6) is -1.80. The van der Waals surface area contributed by atoms with Crippen LogP contribution in [-0.2, 0) is 25.8 Å². The molecule has 4 heterocycles. The monoisotopic (exact) mass is 605 g/mol. The van der Waals surface area contributed by atoms with Gasteiger partial charge in [0.1, 0.15) is 29.1 Å². The van der Waals surface area contributed by atoms with E-state index in [-0.39, 0.29) is 60.2 Å². The first kappa shape index (κ1) is 29.6. The SMILES string of the molecule is C=CCn1nnnc1SCC1(C(=O)O)CS[C@@H]2C(NC(=O)C(=NOCCO)c3csc(N)n3)C(=O)N2C1.Cl. The van der Waals surface area contributed by atoms with E-state index in [1.54, 1.807) is 6.08 Å². The average molecular weight is 606 g/mol. The number of halogens is 1. The van der Waals surface area contributed by atoms with E-state index >= 15 is 0 Å². The van der Waals surface area contributed by atoms with Gasteiger partial charge in [-0.05, 0) is 10.4 Å². The third-order valence-corrected chi connectivity index (χ3v) is 8.99. The summed E-state index contributed by atoms with van der Waals surface area (Å²) in [6.45, 7) is 3.56. The normalized spacial score (nSPS) is 22.6. The number of β-lactam (4-membered cyclic amide) rings is 1. The molecule has 2 aromatic heterocycles. The van der Waals surface area contributed by atoms with Gasteiger partial charge in [-0.1, -0.05) is 23.0 Å². The number of nitrogens with one attached hydrogen (secondary N) is 1. The smallest absolute Gasteiger partial charge is 0.313 e. The van der Waals surface area contributed by atoms with E-state index in [0.717, 1.165) is 11.3 Å². The van der Waals surface area contributed by atoms with Gasteiger partial charge < -0.3 is 31.0 Å². The molecule has 2 unspecified atom stereocenters. The number of nitrogen functional groups attached to an aromatic ring is 1. The van der Waals surface area contributed by atoms with Gasteiger partial charge in [-0.25, -0.2) is 9.67 Å². The number of hydrogen-bond donors (Lipinski definition) is 4. The number of oxime groups is 1. The van der Waals surface area contributed by atoms with Crippen molar-refractivity contribution in [1.29, 1.82) is 0 Å². The fraction of sp³-hybridized carbons (Fsp3) is 0.474. The van der Waals surface area contributed by atoms with Crippen LogP contribution in [0.15, 0.2) is 28.3 Å². The molecule has 2 aliphatic heterocycles. The Kier molecular flexibility index (Phi) is 9.94. The summed E-state index contributed by atoms with van der Waals surface area (Å²) < 4.78 is 1.51. The number of carboxylic acids is 1. The van der Waals surface area contributed by atoms with Crippen molar-refractivity contribution < 1.29 is 29.4 Å². The summed E-state index contributed by atoms with van der Waals surface area (Å²) in [5.41, 5.74) is 4.40. The van der Waals surface area contributed by atoms with E-state index in [9.17, 15) is 19.5 Å². The summed E-state index contributed by atoms with van der Waals surface area (Å²) in [7, 11) is 0. The van der Waals surface area contributed by atoms with Gasteiger partial charge >= 0.3 is 5.97 Å². The molecule has 5 N–H and O–H groups in total. The molecule has 2 aromatic rings. The molecule has 38 heavy (non-hydrogen) atoms. The lowest BCUT2D eigenvalue weighted by molar-refractivity contribution is -0.157. The zero-order chi connectivity index (χ0) is 26.6. The van der Waals surface area contributed by atoms with Crippen LogP contribution in [0.1, 0.15) is 5.69 Å². The number of carbonyl (C=O) groups is 3. The second kappa shape index (κ2) is 12.7. The number of aromatic nitrogens is 5. The van der Waals surface area contributed by atoms with Crippen molar-refractivity contribution in [3.05, 3.63) is 23.7 Å². The molecule has 4 rings (SSSR count). The Labute approximate surface area is 234 Å². The molecule has 0 radical (unpaired) electrons. The van der Waals surface area contributed by atoms with Gasteiger partial charge in [-0.3, -0.25) is 14.4 Å². The first-order valence-electron chi connectivity index (χ1n) is 10.8. The fourth-order valence-corrected chi connectivity index (χ4v) is 6.90. The maximum atomic E-state index is 13.0. The maximum absolute atomic E-state index is 13.0. The number of aliphatic hydroxyl groups is 1. The number of allylic oxidation sites excluding steroid dienone is 1. The second-order valence-electron chi connectivity index (χ2n) is 7.99. The van der Waals surface area contributed by atoms with Gasteiger partial charge in [-0.15, -0.1) is 47.2 Å². The van der Waals surface area contributed by atoms with Crippen LogP contribution < -0.4 is 11.1 Å². The van der Waals surface area contributed by atoms with Crippen LogP contribution in [0.3, 0.4) is 0 Å². The number of aliphatic hydroxyl groups excluding tert-OH is 1. The molecule has 2 aliphatic rings. The molecule has 0 spiro atoms. The van der Waals surface area contributed by atoms with Crippen molar-refractivity contribution in [2.24, 2.45) is 10.6 Å². The van der Waals surface area contributed by atoms with Crippen LogP contribution in [0.25, 0.3) is 0 Å². The molecule has 206 valence electrons. The lowest BCUT2D eigenvalue weighted by atomic mass is 9.89. The lowest BCUT2D eigenvalue weighted by Crippen LogP contribution is -2.74. The van der Waals surface area contributed by atoms with E-state index < -0.39 is 34.6 Å². The number of hydrogen-bond acceptors (Lipinski definition) is 14. The number of amides is 2. The summed E-state index contributed by atoms with van der Waals surface area (Å²) in [5, 5.41) is 38.5. The molecule has 0 aliphatic carbocycles. The summed E-state index contributed by atoms with van der Waals surface area (Å²) in [6, 6.07) is -0.879. The molecule has 2 saturated heterocycles. The quantitative estimate of drug-likeness (QED) is 0.0589. The number of rotatable bonds is 12. The molecule has 0 saturated carbocycles. The van der Waals surface area contributed by atoms with E-state index in [1.165, 1.54) is 38.5 Å². The number of nitrogens with two attached hydrogens (primary N) is 1. The Hall–Kier alpha value is -2.93. The van der Waals surface area contributed by atoms with Crippen LogP contribution in [0, 0.1) is 5.41 Å². The third-order valence-electron chi connectivity index (χ3n) is 5.48. The Bertz CT molecular complexity index is 1230. The molecule has 3 atom stereocenters. The average Bonchev–Trinajstić information content (AvgIpc) is 3.52. The number of thioether (sulfide) groups is 2. The highest BCUT2D eigenvalue weighted by atomic mass is 35.5. The predicted octanol–water partition coefficient (Wildman–Crippen LogP) is -0.704. The predicted molar refractivity (Wildman–Crippen MR) is 142 cm³/mol. The highest BCUT2D eigenvalue weighted by molar-refractivity contribution is 8.00. The van der Waals surface area contributed by atoms with Gasteiger partial charge in [0.15, 0.2) is 10.8 Å². The second-order valence-corrected chi connectivity index (χ2v) is 10.9. The third kappa shape index (κ3) is 6.04. The molecule has 0 bridgehead atoms. The molecule has 19 heteroatoms. The number of thiazole rings is 1. The van der Waals surface area contributed by atoms with Crippen molar-refractivity contribution in [2.45, 2.75) is 23.1 Å². The van der Waals surface area contributed by atoms with Crippen molar-refractivity contribution in [1.82, 2.24) is 35.4 Å². The van der Waals surface area contributed by atoms with Crippen LogP contribution in [0.4, 0.5) is 5.13 Å². The minimum atomic E-state index is -1.23. The largest absolute Gasteiger partial charge is 0.481 e. The highest BCUT2D eigenvalue weighted by Crippen LogP contribution is 2.44. The first-order valence-corrected chi connectivity index (χ1v) is 13.7. The van der Waals surface area contributed by atoms with Gasteiger partial charge in [0.05, 0.1) is 13.2 Å². The maximum Gasteiger partial charge on any atom is 0.313 e. The zero-order valence-corrected chi connectivity index (χ0v) is 22.9. The van der Waals surface area contributed by atoms with Gasteiger partial charge in [0.2, 0.25) is 11.1 Å². The Morgan fingerprint density at radius 1 is 1.47 bits per heavy atom. The number of carbonyl (C=O) groups excluding carboxylic acids is 2. The van der Waals surface area contributed by atoms with Crippen molar-refractivity contribution in [3.8, 4) is 0 Å². The number of tetrazole rings is 1. The summed E-state index contributed by atoms with van der Waals surface area (Å²) in [6.07, 6.45) is 1.62. The number of carboxylic acid groups (broad SMARTS) is 1. The summed E-state index contributed by atoms with van der Waals surface area (Å²) >= 11 is 3.57. The Morgan fingerprint density at radius 2 is 2.26 bits per heavy atom. The van der Waals surface area contributed by atoms with E-state index in [4.69, 9.17) is 15.7 Å². The van der Waals surface area contributed by atoms with Gasteiger partial charge in [0.25, 0.3) is 5.91 Å². The molecule has 2 amide bonds. The summed E-state index contributed by atoms with van der Waals surface area (Å²) in [4.78, 5) is 48.6. The number of aliphatic carboxylic acids is 1. The van der Waals surface area contributed by atoms with Crippen molar-refractivity contribution in [2.75, 3.05) is 37.0 Å². The number of anilines is 1. The number of fused-ring (bicyclic) bond motifs is 1. The first-order chi connectivity index (χ1) is 17.8.